The number of amides is 1. The van der Waals surface area contributed by atoms with Gasteiger partial charge in [-0.25, -0.2) is 0 Å². The van der Waals surface area contributed by atoms with Gasteiger partial charge in [-0.15, -0.1) is 10.2 Å². The van der Waals surface area contributed by atoms with Gasteiger partial charge in [0, 0.05) is 11.3 Å². The number of carbonyl (C=O) groups is 1. The number of nitrogens with one attached hydrogen (secondary N) is 1. The maximum Gasteiger partial charge on any atom is 0.418 e. The van der Waals surface area contributed by atoms with Crippen molar-refractivity contribution in [1.29, 1.82) is 0 Å². The van der Waals surface area contributed by atoms with Gasteiger partial charge in [-0.05, 0) is 36.8 Å². The monoisotopic (exact) mass is 468 g/mol. The number of para-hydroxylation sites is 2. The zero-order valence-electron chi connectivity index (χ0n) is 17.5. The minimum atomic E-state index is -4.56. The third-order valence-corrected chi connectivity index (χ3v) is 5.80. The van der Waals surface area contributed by atoms with Crippen LogP contribution in [0.5, 0.6) is 0 Å². The van der Waals surface area contributed by atoms with Crippen molar-refractivity contribution in [3.8, 4) is 17.1 Å². The number of alkyl halides is 3. The molecule has 4 rings (SSSR count). The molecule has 0 bridgehead atoms. The fraction of sp³-hybridized carbons (Fsp3) is 0.125. The first-order valence-corrected chi connectivity index (χ1v) is 11.0. The van der Waals surface area contributed by atoms with Gasteiger partial charge in [0.15, 0.2) is 11.0 Å². The second-order valence-corrected chi connectivity index (χ2v) is 8.11. The Morgan fingerprint density at radius 2 is 1.61 bits per heavy atom. The fourth-order valence-electron chi connectivity index (χ4n) is 3.33. The second-order valence-electron chi connectivity index (χ2n) is 7.17. The molecule has 0 atom stereocenters. The van der Waals surface area contributed by atoms with E-state index >= 15 is 0 Å². The average molecular weight is 469 g/mol. The Hall–Kier alpha value is -3.59. The SMILES string of the molecule is Cc1ccccc1-c1nnc(SCC(=O)Nc2ccccc2C(F)(F)F)n1-c1ccccc1. The van der Waals surface area contributed by atoms with Crippen molar-refractivity contribution in [1.82, 2.24) is 14.8 Å². The summed E-state index contributed by atoms with van der Waals surface area (Å²) in [7, 11) is 0. The largest absolute Gasteiger partial charge is 0.418 e. The highest BCUT2D eigenvalue weighted by Crippen LogP contribution is 2.35. The number of carbonyl (C=O) groups excluding carboxylic acids is 1. The van der Waals surface area contributed by atoms with Crippen LogP contribution in [-0.4, -0.2) is 26.4 Å². The van der Waals surface area contributed by atoms with E-state index in [0.717, 1.165) is 34.6 Å². The van der Waals surface area contributed by atoms with E-state index in [1.165, 1.54) is 18.2 Å². The van der Waals surface area contributed by atoms with Gasteiger partial charge in [-0.1, -0.05) is 66.4 Å². The van der Waals surface area contributed by atoms with Crippen molar-refractivity contribution in [2.45, 2.75) is 18.3 Å². The zero-order valence-corrected chi connectivity index (χ0v) is 18.3. The van der Waals surface area contributed by atoms with Crippen LogP contribution in [0.25, 0.3) is 17.1 Å². The lowest BCUT2D eigenvalue weighted by Crippen LogP contribution is -2.18. The number of aromatic nitrogens is 3. The van der Waals surface area contributed by atoms with Gasteiger partial charge >= 0.3 is 6.18 Å². The van der Waals surface area contributed by atoms with Crippen LogP contribution in [0.4, 0.5) is 18.9 Å². The Balaban J connectivity index is 1.60. The van der Waals surface area contributed by atoms with Gasteiger partial charge in [-0.3, -0.25) is 9.36 Å². The van der Waals surface area contributed by atoms with Crippen LogP contribution < -0.4 is 5.32 Å². The average Bonchev–Trinajstić information content (AvgIpc) is 3.22. The van der Waals surface area contributed by atoms with E-state index in [1.54, 1.807) is 0 Å². The summed E-state index contributed by atoms with van der Waals surface area (Å²) < 4.78 is 41.5. The normalized spacial score (nSPS) is 11.4. The van der Waals surface area contributed by atoms with E-state index in [9.17, 15) is 18.0 Å². The molecule has 1 heterocycles. The number of aryl methyl sites for hydroxylation is 1. The molecular formula is C24H19F3N4OS. The maximum absolute atomic E-state index is 13.2. The lowest BCUT2D eigenvalue weighted by Gasteiger charge is -2.14. The molecule has 1 N–H and O–H groups in total. The molecule has 168 valence electrons. The molecule has 33 heavy (non-hydrogen) atoms. The van der Waals surface area contributed by atoms with E-state index in [1.807, 2.05) is 66.1 Å². The molecule has 0 saturated carbocycles. The number of thioether (sulfide) groups is 1. The predicted molar refractivity (Wildman–Crippen MR) is 122 cm³/mol. The molecule has 0 fully saturated rings. The summed E-state index contributed by atoms with van der Waals surface area (Å²) >= 11 is 1.10. The number of hydrogen-bond donors (Lipinski definition) is 1. The summed E-state index contributed by atoms with van der Waals surface area (Å²) in [4.78, 5) is 12.5. The molecule has 0 aliphatic rings. The lowest BCUT2D eigenvalue weighted by molar-refractivity contribution is -0.137. The minimum Gasteiger partial charge on any atom is -0.325 e. The number of rotatable bonds is 6. The van der Waals surface area contributed by atoms with Crippen LogP contribution in [0.2, 0.25) is 0 Å². The van der Waals surface area contributed by atoms with Gasteiger partial charge in [0.1, 0.15) is 0 Å². The first-order valence-electron chi connectivity index (χ1n) is 10.0. The zero-order chi connectivity index (χ0) is 23.4. The smallest absolute Gasteiger partial charge is 0.325 e. The molecule has 3 aromatic carbocycles. The van der Waals surface area contributed by atoms with Crippen molar-refractivity contribution < 1.29 is 18.0 Å². The van der Waals surface area contributed by atoms with Crippen LogP contribution in [0.15, 0.2) is 84.0 Å². The van der Waals surface area contributed by atoms with Crippen molar-refractivity contribution in [3.05, 3.63) is 90.0 Å². The Morgan fingerprint density at radius 3 is 2.33 bits per heavy atom. The molecule has 4 aromatic rings. The number of halogens is 3. The van der Waals surface area contributed by atoms with Gasteiger partial charge in [0.2, 0.25) is 5.91 Å². The first-order chi connectivity index (χ1) is 15.8. The molecule has 0 unspecified atom stereocenters. The second kappa shape index (κ2) is 9.50. The summed E-state index contributed by atoms with van der Waals surface area (Å²) in [5.41, 5.74) is 1.55. The summed E-state index contributed by atoms with van der Waals surface area (Å²) in [6, 6.07) is 22.1. The van der Waals surface area contributed by atoms with E-state index in [2.05, 4.69) is 15.5 Å². The van der Waals surface area contributed by atoms with Gasteiger partial charge < -0.3 is 5.32 Å². The molecule has 0 saturated heterocycles. The fourth-order valence-corrected chi connectivity index (χ4v) is 4.08. The van der Waals surface area contributed by atoms with E-state index in [4.69, 9.17) is 0 Å². The molecule has 0 aliphatic heterocycles. The van der Waals surface area contributed by atoms with Crippen molar-refractivity contribution in [2.75, 3.05) is 11.1 Å². The van der Waals surface area contributed by atoms with E-state index in [0.29, 0.717) is 11.0 Å². The summed E-state index contributed by atoms with van der Waals surface area (Å²) in [6.45, 7) is 1.97. The topological polar surface area (TPSA) is 59.8 Å². The maximum atomic E-state index is 13.2. The summed E-state index contributed by atoms with van der Waals surface area (Å²) in [5, 5.41) is 11.4. The summed E-state index contributed by atoms with van der Waals surface area (Å²) in [5.74, 6) is -0.0911. The molecule has 0 spiro atoms. The summed E-state index contributed by atoms with van der Waals surface area (Å²) in [6.07, 6.45) is -4.56. The lowest BCUT2D eigenvalue weighted by atomic mass is 10.1. The molecule has 0 radical (unpaired) electrons. The standard InChI is InChI=1S/C24H19F3N4OS/c1-16-9-5-6-12-18(16)22-29-30-23(31(22)17-10-3-2-4-11-17)33-15-21(32)28-20-14-8-7-13-19(20)24(25,26)27/h2-14H,15H2,1H3,(H,28,32). The van der Waals surface area contributed by atoms with Crippen LogP contribution in [0.3, 0.4) is 0 Å². The van der Waals surface area contributed by atoms with Crippen molar-refractivity contribution in [3.63, 3.8) is 0 Å². The molecule has 0 aliphatic carbocycles. The first kappa shape index (κ1) is 22.6. The number of benzene rings is 3. The molecule has 5 nitrogen and oxygen atoms in total. The minimum absolute atomic E-state index is 0.134. The van der Waals surface area contributed by atoms with Gasteiger partial charge in [0.25, 0.3) is 0 Å². The quantitative estimate of drug-likeness (QED) is 0.353. The molecule has 1 amide bonds. The third kappa shape index (κ3) is 5.09. The number of nitrogens with zero attached hydrogens (tertiary/aromatic N) is 3. The van der Waals surface area contributed by atoms with Crippen LogP contribution >= 0.6 is 11.8 Å². The van der Waals surface area contributed by atoms with Crippen LogP contribution in [0.1, 0.15) is 11.1 Å². The Labute approximate surface area is 192 Å². The van der Waals surface area contributed by atoms with Gasteiger partial charge in [-0.2, -0.15) is 13.2 Å². The van der Waals surface area contributed by atoms with E-state index < -0.39 is 17.6 Å². The molecule has 1 aromatic heterocycles. The molecular weight excluding hydrogens is 449 g/mol. The Kier molecular flexibility index (Phi) is 6.50. The number of anilines is 1. The van der Waals surface area contributed by atoms with Crippen molar-refractivity contribution in [2.24, 2.45) is 0 Å². The highest BCUT2D eigenvalue weighted by atomic mass is 32.2. The van der Waals surface area contributed by atoms with E-state index in [-0.39, 0.29) is 11.4 Å². The number of hydrogen-bond acceptors (Lipinski definition) is 4. The third-order valence-electron chi connectivity index (χ3n) is 4.87. The van der Waals surface area contributed by atoms with Crippen molar-refractivity contribution >= 4 is 23.4 Å². The highest BCUT2D eigenvalue weighted by Gasteiger charge is 2.33. The van der Waals surface area contributed by atoms with Gasteiger partial charge in [0.05, 0.1) is 17.0 Å². The highest BCUT2D eigenvalue weighted by molar-refractivity contribution is 7.99. The molecule has 9 heteroatoms. The Bertz CT molecular complexity index is 1270. The van der Waals surface area contributed by atoms with Crippen LogP contribution in [-0.2, 0) is 11.0 Å². The predicted octanol–water partition coefficient (Wildman–Crippen LogP) is 5.99. The van der Waals surface area contributed by atoms with Crippen LogP contribution in [0, 0.1) is 6.92 Å². The Morgan fingerprint density at radius 1 is 0.939 bits per heavy atom.